The Bertz CT molecular complexity index is 646. The van der Waals surface area contributed by atoms with Crippen molar-refractivity contribution >= 4 is 34.5 Å². The number of alkyl halides is 1. The van der Waals surface area contributed by atoms with Crippen LogP contribution in [0.2, 0.25) is 0 Å². The molecule has 0 radical (unpaired) electrons. The predicted octanol–water partition coefficient (Wildman–Crippen LogP) is 4.22. The number of aromatic nitrogens is 4. The van der Waals surface area contributed by atoms with Crippen LogP contribution >= 0.6 is 23.4 Å². The summed E-state index contributed by atoms with van der Waals surface area (Å²) in [6.45, 7) is 6.27. The fourth-order valence-corrected chi connectivity index (χ4v) is 4.78. The van der Waals surface area contributed by atoms with Crippen LogP contribution in [0.5, 0.6) is 0 Å². The van der Waals surface area contributed by atoms with E-state index in [1.54, 1.807) is 0 Å². The van der Waals surface area contributed by atoms with Gasteiger partial charge in [0.2, 0.25) is 0 Å². The lowest BCUT2D eigenvalue weighted by molar-refractivity contribution is 0.500. The SMILES string of the molecule is CCSC1CCC(n2c(C(C)Cl)nc3c(C)nn(C)c32)C1. The van der Waals surface area contributed by atoms with E-state index in [9.17, 15) is 0 Å². The van der Waals surface area contributed by atoms with Crippen LogP contribution in [0, 0.1) is 6.92 Å². The molecule has 6 heteroatoms. The van der Waals surface area contributed by atoms with Gasteiger partial charge in [-0.15, -0.1) is 11.6 Å². The number of imidazole rings is 1. The fraction of sp³-hybridized carbons (Fsp3) is 0.733. The summed E-state index contributed by atoms with van der Waals surface area (Å²) in [6, 6.07) is 0.505. The number of hydrogen-bond donors (Lipinski definition) is 0. The van der Waals surface area contributed by atoms with Crippen LogP contribution in [0.15, 0.2) is 0 Å². The monoisotopic (exact) mass is 326 g/mol. The highest BCUT2D eigenvalue weighted by Crippen LogP contribution is 2.40. The van der Waals surface area contributed by atoms with E-state index >= 15 is 0 Å². The van der Waals surface area contributed by atoms with Crippen molar-refractivity contribution in [3.63, 3.8) is 0 Å². The molecule has 0 aromatic carbocycles. The molecule has 0 aliphatic heterocycles. The average Bonchev–Trinajstić information content (AvgIpc) is 3.07. The van der Waals surface area contributed by atoms with Crippen LogP contribution < -0.4 is 0 Å². The minimum Gasteiger partial charge on any atom is -0.308 e. The number of halogens is 1. The zero-order chi connectivity index (χ0) is 15.1. The summed E-state index contributed by atoms with van der Waals surface area (Å²) in [4.78, 5) is 4.79. The standard InChI is InChI=1S/C15H23ClN4S/c1-5-21-12-7-6-11(8-12)20-14(9(2)16)17-13-10(3)18-19(4)15(13)20/h9,11-12H,5-8H2,1-4H3. The Morgan fingerprint density at radius 1 is 1.43 bits per heavy atom. The maximum atomic E-state index is 6.40. The first-order valence-electron chi connectivity index (χ1n) is 7.70. The van der Waals surface area contributed by atoms with E-state index in [0.29, 0.717) is 6.04 Å². The molecule has 1 aliphatic carbocycles. The topological polar surface area (TPSA) is 35.6 Å². The fourth-order valence-electron chi connectivity index (χ4n) is 3.49. The van der Waals surface area contributed by atoms with E-state index < -0.39 is 0 Å². The molecule has 0 bridgehead atoms. The van der Waals surface area contributed by atoms with E-state index in [1.165, 1.54) is 25.0 Å². The molecule has 3 rings (SSSR count). The number of aryl methyl sites for hydroxylation is 2. The van der Waals surface area contributed by atoms with Crippen LogP contribution in [0.1, 0.15) is 56.0 Å². The first kappa shape index (κ1) is 15.2. The molecule has 2 aromatic rings. The second kappa shape index (κ2) is 5.84. The maximum absolute atomic E-state index is 6.40. The van der Waals surface area contributed by atoms with Crippen molar-refractivity contribution in [3.8, 4) is 0 Å². The Morgan fingerprint density at radius 2 is 2.19 bits per heavy atom. The number of thioether (sulfide) groups is 1. The van der Waals surface area contributed by atoms with Gasteiger partial charge in [-0.3, -0.25) is 4.68 Å². The Balaban J connectivity index is 2.06. The first-order chi connectivity index (χ1) is 10.0. The van der Waals surface area contributed by atoms with Gasteiger partial charge in [0.25, 0.3) is 0 Å². The third-order valence-corrected chi connectivity index (χ3v) is 5.77. The summed E-state index contributed by atoms with van der Waals surface area (Å²) < 4.78 is 4.32. The molecule has 3 atom stereocenters. The molecule has 2 aromatic heterocycles. The molecule has 0 spiro atoms. The van der Waals surface area contributed by atoms with Crippen LogP contribution in [0.3, 0.4) is 0 Å². The molecule has 2 heterocycles. The van der Waals surface area contributed by atoms with Gasteiger partial charge >= 0.3 is 0 Å². The molecule has 0 saturated heterocycles. The molecular formula is C15H23ClN4S. The molecular weight excluding hydrogens is 304 g/mol. The quantitative estimate of drug-likeness (QED) is 0.789. The third-order valence-electron chi connectivity index (χ3n) is 4.34. The van der Waals surface area contributed by atoms with Gasteiger partial charge < -0.3 is 4.57 Å². The van der Waals surface area contributed by atoms with Crippen LogP contribution in [0.4, 0.5) is 0 Å². The zero-order valence-corrected chi connectivity index (χ0v) is 14.7. The largest absolute Gasteiger partial charge is 0.308 e. The highest BCUT2D eigenvalue weighted by atomic mass is 35.5. The number of fused-ring (bicyclic) bond motifs is 1. The lowest BCUT2D eigenvalue weighted by Crippen LogP contribution is -2.13. The highest BCUT2D eigenvalue weighted by molar-refractivity contribution is 7.99. The molecule has 21 heavy (non-hydrogen) atoms. The smallest absolute Gasteiger partial charge is 0.158 e. The van der Waals surface area contributed by atoms with Crippen molar-refractivity contribution in [3.05, 3.63) is 11.5 Å². The minimum absolute atomic E-state index is 0.0744. The van der Waals surface area contributed by atoms with E-state index in [-0.39, 0.29) is 5.38 Å². The lowest BCUT2D eigenvalue weighted by Gasteiger charge is -2.18. The Kier molecular flexibility index (Phi) is 4.23. The van der Waals surface area contributed by atoms with Crippen molar-refractivity contribution < 1.29 is 0 Å². The van der Waals surface area contributed by atoms with E-state index in [1.807, 2.05) is 25.6 Å². The van der Waals surface area contributed by atoms with Crippen molar-refractivity contribution in [1.82, 2.24) is 19.3 Å². The second-order valence-electron chi connectivity index (χ2n) is 5.88. The summed E-state index contributed by atoms with van der Waals surface area (Å²) in [7, 11) is 2.00. The van der Waals surface area contributed by atoms with Gasteiger partial charge in [0.15, 0.2) is 5.65 Å². The molecule has 1 saturated carbocycles. The molecule has 0 N–H and O–H groups in total. The zero-order valence-electron chi connectivity index (χ0n) is 13.1. The van der Waals surface area contributed by atoms with Gasteiger partial charge in [0.05, 0.1) is 11.1 Å². The average molecular weight is 327 g/mol. The van der Waals surface area contributed by atoms with E-state index in [2.05, 4.69) is 28.4 Å². The lowest BCUT2D eigenvalue weighted by atomic mass is 10.2. The van der Waals surface area contributed by atoms with Crippen molar-refractivity contribution in [2.45, 2.75) is 56.7 Å². The van der Waals surface area contributed by atoms with Crippen molar-refractivity contribution in [2.75, 3.05) is 5.75 Å². The molecule has 4 nitrogen and oxygen atoms in total. The van der Waals surface area contributed by atoms with Gasteiger partial charge in [0.1, 0.15) is 11.3 Å². The Morgan fingerprint density at radius 3 is 2.86 bits per heavy atom. The first-order valence-corrected chi connectivity index (χ1v) is 9.18. The predicted molar refractivity (Wildman–Crippen MR) is 90.3 cm³/mol. The Hall–Kier alpha value is -0.680. The van der Waals surface area contributed by atoms with Gasteiger partial charge in [-0.05, 0) is 38.9 Å². The normalized spacial score (nSPS) is 24.0. The summed E-state index contributed by atoms with van der Waals surface area (Å²) >= 11 is 8.48. The van der Waals surface area contributed by atoms with E-state index in [0.717, 1.165) is 27.9 Å². The van der Waals surface area contributed by atoms with Crippen LogP contribution in [0.25, 0.3) is 11.2 Å². The molecule has 0 amide bonds. The van der Waals surface area contributed by atoms with Gasteiger partial charge in [-0.25, -0.2) is 4.98 Å². The van der Waals surface area contributed by atoms with E-state index in [4.69, 9.17) is 16.6 Å². The van der Waals surface area contributed by atoms with Gasteiger partial charge in [-0.2, -0.15) is 16.9 Å². The Labute approximate surface area is 135 Å². The van der Waals surface area contributed by atoms with Crippen molar-refractivity contribution in [2.24, 2.45) is 7.05 Å². The van der Waals surface area contributed by atoms with Crippen LogP contribution in [-0.2, 0) is 7.05 Å². The molecule has 1 aliphatic rings. The summed E-state index contributed by atoms with van der Waals surface area (Å²) in [5.74, 6) is 2.19. The second-order valence-corrected chi connectivity index (χ2v) is 8.11. The van der Waals surface area contributed by atoms with Crippen molar-refractivity contribution in [1.29, 1.82) is 0 Å². The molecule has 1 fully saturated rings. The number of hydrogen-bond acceptors (Lipinski definition) is 3. The summed E-state index contributed by atoms with van der Waals surface area (Å²) in [5.41, 5.74) is 3.12. The minimum atomic E-state index is -0.0744. The van der Waals surface area contributed by atoms with Gasteiger partial charge in [-0.1, -0.05) is 6.92 Å². The summed E-state index contributed by atoms with van der Waals surface area (Å²) in [6.07, 6.45) is 3.71. The number of nitrogens with zero attached hydrogens (tertiary/aromatic N) is 4. The maximum Gasteiger partial charge on any atom is 0.158 e. The van der Waals surface area contributed by atoms with Crippen LogP contribution in [-0.4, -0.2) is 30.3 Å². The number of rotatable bonds is 4. The third kappa shape index (κ3) is 2.59. The van der Waals surface area contributed by atoms with Gasteiger partial charge in [0, 0.05) is 18.3 Å². The molecule has 3 unspecified atom stereocenters. The molecule has 116 valence electrons. The summed E-state index contributed by atoms with van der Waals surface area (Å²) in [5, 5.41) is 5.22. The highest BCUT2D eigenvalue weighted by Gasteiger charge is 2.31.